The van der Waals surface area contributed by atoms with Crippen molar-refractivity contribution in [2.45, 2.75) is 18.7 Å². The topological polar surface area (TPSA) is 126 Å². The van der Waals surface area contributed by atoms with Crippen molar-refractivity contribution in [2.75, 3.05) is 28.3 Å². The largest absolute Gasteiger partial charge is 0.494 e. The van der Waals surface area contributed by atoms with E-state index in [2.05, 4.69) is 21.3 Å². The highest BCUT2D eigenvalue weighted by Gasteiger charge is 2.15. The molecule has 4 amide bonds. The zero-order chi connectivity index (χ0) is 31.3. The molecule has 4 N–H and O–H groups in total. The molecule has 0 radical (unpaired) electrons. The number of carbonyl (C=O) groups excluding carboxylic acids is 4. The smallest absolute Gasteiger partial charge is 0.272 e. The molecule has 9 nitrogen and oxygen atoms in total. The summed E-state index contributed by atoms with van der Waals surface area (Å²) in [6.07, 6.45) is 1.60. The number of ether oxygens (including phenoxy) is 1. The van der Waals surface area contributed by atoms with Crippen molar-refractivity contribution >= 4 is 58.5 Å². The Balaban J connectivity index is 1.37. The van der Waals surface area contributed by atoms with E-state index in [1.165, 1.54) is 18.7 Å². The second-order valence-corrected chi connectivity index (χ2v) is 10.5. The lowest BCUT2D eigenvalue weighted by Crippen LogP contribution is -2.30. The molecule has 4 aromatic carbocycles. The number of benzene rings is 4. The van der Waals surface area contributed by atoms with Crippen LogP contribution in [0.2, 0.25) is 0 Å². The van der Waals surface area contributed by atoms with E-state index >= 15 is 0 Å². The predicted octanol–water partition coefficient (Wildman–Crippen LogP) is 6.18. The maximum absolute atomic E-state index is 13.3. The van der Waals surface area contributed by atoms with E-state index in [1.807, 2.05) is 13.0 Å². The van der Waals surface area contributed by atoms with Crippen LogP contribution in [0.5, 0.6) is 5.75 Å². The molecule has 4 aromatic rings. The first-order valence-corrected chi connectivity index (χ1v) is 14.8. The summed E-state index contributed by atoms with van der Waals surface area (Å²) >= 11 is 1.35. The van der Waals surface area contributed by atoms with Crippen LogP contribution >= 0.6 is 11.8 Å². The molecule has 0 aliphatic rings. The molecule has 0 spiro atoms. The molecule has 0 aliphatic carbocycles. The Kier molecular flexibility index (Phi) is 11.3. The molecule has 0 bridgehead atoms. The minimum Gasteiger partial charge on any atom is -0.494 e. The molecule has 224 valence electrons. The van der Waals surface area contributed by atoms with Gasteiger partial charge in [0, 0.05) is 34.4 Å². The third-order valence-corrected chi connectivity index (χ3v) is 7.01. The third kappa shape index (κ3) is 9.88. The van der Waals surface area contributed by atoms with Crippen molar-refractivity contribution in [3.05, 3.63) is 120 Å². The highest BCUT2D eigenvalue weighted by atomic mass is 32.2. The van der Waals surface area contributed by atoms with Gasteiger partial charge in [-0.05, 0) is 91.4 Å². The van der Waals surface area contributed by atoms with Crippen LogP contribution in [-0.4, -0.2) is 36.0 Å². The number of rotatable bonds is 12. The predicted molar refractivity (Wildman–Crippen MR) is 175 cm³/mol. The van der Waals surface area contributed by atoms with E-state index in [1.54, 1.807) is 103 Å². The van der Waals surface area contributed by atoms with Gasteiger partial charge in [-0.2, -0.15) is 0 Å². The molecule has 0 unspecified atom stereocenters. The van der Waals surface area contributed by atoms with E-state index in [0.29, 0.717) is 40.5 Å². The fourth-order valence-corrected chi connectivity index (χ4v) is 4.65. The first-order chi connectivity index (χ1) is 21.3. The first kappa shape index (κ1) is 31.6. The first-order valence-electron chi connectivity index (χ1n) is 13.8. The number of anilines is 3. The third-order valence-electron chi connectivity index (χ3n) is 6.00. The lowest BCUT2D eigenvalue weighted by Gasteiger charge is -2.12. The Morgan fingerprint density at radius 3 is 1.93 bits per heavy atom. The van der Waals surface area contributed by atoms with Gasteiger partial charge in [0.05, 0.1) is 12.4 Å². The van der Waals surface area contributed by atoms with Crippen LogP contribution in [0.25, 0.3) is 6.08 Å². The summed E-state index contributed by atoms with van der Waals surface area (Å²) in [5.41, 5.74) is 2.99. The van der Waals surface area contributed by atoms with Gasteiger partial charge in [0.2, 0.25) is 11.8 Å². The van der Waals surface area contributed by atoms with E-state index in [4.69, 9.17) is 4.74 Å². The van der Waals surface area contributed by atoms with Gasteiger partial charge in [0.25, 0.3) is 11.8 Å². The molecule has 4 rings (SSSR count). The number of thioether (sulfide) groups is 1. The van der Waals surface area contributed by atoms with Crippen molar-refractivity contribution in [3.8, 4) is 5.75 Å². The zero-order valence-electron chi connectivity index (χ0n) is 24.3. The Hall–Kier alpha value is -5.35. The van der Waals surface area contributed by atoms with Crippen LogP contribution in [0.4, 0.5) is 17.1 Å². The standard InChI is InChI=1S/C34H32N4O5S/c1-3-43-29-17-9-24(10-18-29)21-31(38-33(41)25-7-5-4-6-8-25)34(42)37-28-15-19-30(20-16-28)44-22-32(40)36-27-13-11-26(12-14-27)35-23(2)39/h4-21H,3,22H2,1-2H3,(H,35,39)(H,36,40)(H,37,42)(H,38,41)/b31-21-. The van der Waals surface area contributed by atoms with E-state index < -0.39 is 11.8 Å². The van der Waals surface area contributed by atoms with Crippen molar-refractivity contribution in [1.82, 2.24) is 5.32 Å². The average molecular weight is 609 g/mol. The van der Waals surface area contributed by atoms with Gasteiger partial charge in [0.15, 0.2) is 0 Å². The second-order valence-electron chi connectivity index (χ2n) is 9.45. The Bertz CT molecular complexity index is 1620. The van der Waals surface area contributed by atoms with Gasteiger partial charge < -0.3 is 26.0 Å². The monoisotopic (exact) mass is 608 g/mol. The molecule has 0 aromatic heterocycles. The van der Waals surface area contributed by atoms with E-state index in [9.17, 15) is 19.2 Å². The SMILES string of the molecule is CCOc1ccc(/C=C(\NC(=O)c2ccccc2)C(=O)Nc2ccc(SCC(=O)Nc3ccc(NC(C)=O)cc3)cc2)cc1. The number of hydrogen-bond donors (Lipinski definition) is 4. The molecule has 0 atom stereocenters. The molecule has 0 saturated heterocycles. The minimum absolute atomic E-state index is 0.0724. The van der Waals surface area contributed by atoms with Crippen molar-refractivity contribution in [3.63, 3.8) is 0 Å². The molecule has 0 aliphatic heterocycles. The van der Waals surface area contributed by atoms with Crippen LogP contribution in [0, 0.1) is 0 Å². The second kappa shape index (κ2) is 15.8. The summed E-state index contributed by atoms with van der Waals surface area (Å²) in [4.78, 5) is 50.6. The van der Waals surface area contributed by atoms with Gasteiger partial charge in [-0.3, -0.25) is 19.2 Å². The fourth-order valence-electron chi connectivity index (χ4n) is 3.96. The van der Waals surface area contributed by atoms with Crippen LogP contribution < -0.4 is 26.0 Å². The lowest BCUT2D eigenvalue weighted by atomic mass is 10.1. The van der Waals surface area contributed by atoms with Gasteiger partial charge in [0.1, 0.15) is 11.4 Å². The minimum atomic E-state index is -0.493. The molecule has 0 saturated carbocycles. The molecular formula is C34H32N4O5S. The van der Waals surface area contributed by atoms with E-state index in [0.717, 1.165) is 4.90 Å². The summed E-state index contributed by atoms with van der Waals surface area (Å²) in [6, 6.07) is 29.8. The summed E-state index contributed by atoms with van der Waals surface area (Å²) in [5.74, 6) is -0.368. The molecule has 44 heavy (non-hydrogen) atoms. The van der Waals surface area contributed by atoms with Crippen LogP contribution in [0.15, 0.2) is 114 Å². The Labute approximate surface area is 260 Å². The van der Waals surface area contributed by atoms with Crippen LogP contribution in [-0.2, 0) is 14.4 Å². The van der Waals surface area contributed by atoms with Gasteiger partial charge in [-0.15, -0.1) is 11.8 Å². The highest BCUT2D eigenvalue weighted by Crippen LogP contribution is 2.22. The Morgan fingerprint density at radius 2 is 1.32 bits per heavy atom. The fraction of sp³-hybridized carbons (Fsp3) is 0.118. The normalized spacial score (nSPS) is 10.8. The van der Waals surface area contributed by atoms with Gasteiger partial charge in [-0.25, -0.2) is 0 Å². The van der Waals surface area contributed by atoms with Crippen LogP contribution in [0.3, 0.4) is 0 Å². The number of carbonyl (C=O) groups is 4. The zero-order valence-corrected chi connectivity index (χ0v) is 25.1. The maximum Gasteiger partial charge on any atom is 0.272 e. The van der Waals surface area contributed by atoms with Crippen molar-refractivity contribution in [2.24, 2.45) is 0 Å². The highest BCUT2D eigenvalue weighted by molar-refractivity contribution is 8.00. The molecular weight excluding hydrogens is 576 g/mol. The maximum atomic E-state index is 13.3. The van der Waals surface area contributed by atoms with Crippen molar-refractivity contribution in [1.29, 1.82) is 0 Å². The molecule has 0 fully saturated rings. The number of hydrogen-bond acceptors (Lipinski definition) is 6. The number of amides is 4. The van der Waals surface area contributed by atoms with Crippen LogP contribution in [0.1, 0.15) is 29.8 Å². The number of nitrogens with one attached hydrogen (secondary N) is 4. The quantitative estimate of drug-likeness (QED) is 0.112. The summed E-state index contributed by atoms with van der Waals surface area (Å²) in [6.45, 7) is 3.87. The summed E-state index contributed by atoms with van der Waals surface area (Å²) < 4.78 is 5.49. The Morgan fingerprint density at radius 1 is 0.727 bits per heavy atom. The van der Waals surface area contributed by atoms with E-state index in [-0.39, 0.29) is 23.3 Å². The lowest BCUT2D eigenvalue weighted by molar-refractivity contribution is -0.114. The molecule has 10 heteroatoms. The van der Waals surface area contributed by atoms with Gasteiger partial charge >= 0.3 is 0 Å². The summed E-state index contributed by atoms with van der Waals surface area (Å²) in [7, 11) is 0. The summed E-state index contributed by atoms with van der Waals surface area (Å²) in [5, 5.41) is 11.1. The van der Waals surface area contributed by atoms with Crippen molar-refractivity contribution < 1.29 is 23.9 Å². The average Bonchev–Trinajstić information content (AvgIpc) is 3.02. The molecule has 0 heterocycles. The van der Waals surface area contributed by atoms with Gasteiger partial charge in [-0.1, -0.05) is 30.3 Å².